The third-order valence-electron chi connectivity index (χ3n) is 4.54. The Hall–Kier alpha value is -0.870. The molecule has 25 heavy (non-hydrogen) atoms. The van der Waals surface area contributed by atoms with Crippen molar-refractivity contribution in [1.29, 1.82) is 0 Å². The summed E-state index contributed by atoms with van der Waals surface area (Å²) < 4.78 is 5.46. The average Bonchev–Trinajstić information content (AvgIpc) is 2.60. The minimum Gasteiger partial charge on any atom is -0.394 e. The Balaban J connectivity index is 3.65. The van der Waals surface area contributed by atoms with Crippen LogP contribution in [-0.4, -0.2) is 36.9 Å². The number of carbonyl (C=O) groups excluding carboxylic acids is 1. The van der Waals surface area contributed by atoms with Gasteiger partial charge in [0.2, 0.25) is 5.91 Å². The van der Waals surface area contributed by atoms with E-state index in [0.717, 1.165) is 12.8 Å². The Labute approximate surface area is 155 Å². The van der Waals surface area contributed by atoms with Crippen LogP contribution in [0, 0.1) is 0 Å². The fourth-order valence-electron chi connectivity index (χ4n) is 2.98. The van der Waals surface area contributed by atoms with Crippen LogP contribution in [0.5, 0.6) is 0 Å². The van der Waals surface area contributed by atoms with Crippen molar-refractivity contribution in [3.63, 3.8) is 0 Å². The highest BCUT2D eigenvalue weighted by Gasteiger charge is 2.07. The molecule has 0 fully saturated rings. The number of aliphatic hydroxyl groups excluding tert-OH is 1. The van der Waals surface area contributed by atoms with E-state index in [9.17, 15) is 9.90 Å². The lowest BCUT2D eigenvalue weighted by Gasteiger charge is -2.14. The summed E-state index contributed by atoms with van der Waals surface area (Å²) in [6.45, 7) is 3.62. The number of hydrogen-bond donors (Lipinski definition) is 2. The summed E-state index contributed by atoms with van der Waals surface area (Å²) in [5.74, 6) is -0.136. The highest BCUT2D eigenvalue weighted by Crippen LogP contribution is 2.13. The van der Waals surface area contributed by atoms with Gasteiger partial charge in [-0.2, -0.15) is 0 Å². The van der Waals surface area contributed by atoms with Crippen LogP contribution >= 0.6 is 0 Å². The third-order valence-corrected chi connectivity index (χ3v) is 4.54. The van der Waals surface area contributed by atoms with E-state index in [-0.39, 0.29) is 24.7 Å². The van der Waals surface area contributed by atoms with Gasteiger partial charge in [-0.05, 0) is 6.42 Å². The predicted molar refractivity (Wildman–Crippen MR) is 106 cm³/mol. The Morgan fingerprint density at radius 1 is 0.960 bits per heavy atom. The van der Waals surface area contributed by atoms with Gasteiger partial charge < -0.3 is 15.2 Å². The zero-order chi connectivity index (χ0) is 18.8. The van der Waals surface area contributed by atoms with Crippen LogP contribution in [0.4, 0.5) is 0 Å². The fraction of sp³-hybridized carbons (Fsp3) is 0.857. The van der Waals surface area contributed by atoms with Gasteiger partial charge in [-0.25, -0.2) is 0 Å². The Morgan fingerprint density at radius 3 is 1.92 bits per heavy atom. The number of nitrogens with one attached hydrogen (secondary N) is 1. The minimum atomic E-state index is -0.326. The number of rotatable bonds is 17. The van der Waals surface area contributed by atoms with Gasteiger partial charge in [0, 0.05) is 14.0 Å². The molecular weight excluding hydrogens is 314 g/mol. The lowest BCUT2D eigenvalue weighted by Crippen LogP contribution is -2.34. The van der Waals surface area contributed by atoms with Crippen molar-refractivity contribution >= 4 is 5.91 Å². The van der Waals surface area contributed by atoms with Crippen molar-refractivity contribution in [3.05, 3.63) is 12.2 Å². The van der Waals surface area contributed by atoms with Crippen LogP contribution in [0.1, 0.15) is 90.9 Å². The molecule has 0 saturated heterocycles. The minimum absolute atomic E-state index is 0.0568. The summed E-state index contributed by atoms with van der Waals surface area (Å²) in [5, 5.41) is 11.9. The highest BCUT2D eigenvalue weighted by atomic mass is 16.5. The number of carbonyl (C=O) groups is 1. The van der Waals surface area contributed by atoms with Gasteiger partial charge in [0.1, 0.15) is 0 Å². The predicted octanol–water partition coefficient (Wildman–Crippen LogP) is 4.76. The maximum atomic E-state index is 11.0. The van der Waals surface area contributed by atoms with Gasteiger partial charge in [0.15, 0.2) is 0 Å². The van der Waals surface area contributed by atoms with Gasteiger partial charge in [-0.3, -0.25) is 4.79 Å². The lowest BCUT2D eigenvalue weighted by molar-refractivity contribution is -0.119. The molecule has 0 aliphatic heterocycles. The molecule has 0 radical (unpaired) electrons. The van der Waals surface area contributed by atoms with Gasteiger partial charge >= 0.3 is 0 Å². The topological polar surface area (TPSA) is 58.6 Å². The molecule has 4 nitrogen and oxygen atoms in total. The van der Waals surface area contributed by atoms with Gasteiger partial charge in [-0.15, -0.1) is 0 Å². The highest BCUT2D eigenvalue weighted by molar-refractivity contribution is 5.73. The quantitative estimate of drug-likeness (QED) is 0.292. The van der Waals surface area contributed by atoms with Crippen LogP contribution in [0.25, 0.3) is 0 Å². The summed E-state index contributed by atoms with van der Waals surface area (Å²) in [4.78, 5) is 11.0. The number of methoxy groups -OCH3 is 1. The van der Waals surface area contributed by atoms with Crippen LogP contribution in [-0.2, 0) is 9.53 Å². The molecular formula is C21H41NO3. The lowest BCUT2D eigenvalue weighted by atomic mass is 10.0. The molecule has 0 aliphatic carbocycles. The van der Waals surface area contributed by atoms with Crippen molar-refractivity contribution in [2.45, 2.75) is 103 Å². The Bertz CT molecular complexity index is 331. The molecule has 0 rings (SSSR count). The van der Waals surface area contributed by atoms with E-state index in [2.05, 4.69) is 12.2 Å². The van der Waals surface area contributed by atoms with Crippen LogP contribution in [0.3, 0.4) is 0 Å². The van der Waals surface area contributed by atoms with E-state index < -0.39 is 0 Å². The summed E-state index contributed by atoms with van der Waals surface area (Å²) in [5.41, 5.74) is 0. The van der Waals surface area contributed by atoms with Crippen LogP contribution in [0.15, 0.2) is 12.2 Å². The zero-order valence-electron chi connectivity index (χ0n) is 16.8. The maximum Gasteiger partial charge on any atom is 0.217 e. The molecule has 0 aromatic carbocycles. The Morgan fingerprint density at radius 2 is 1.48 bits per heavy atom. The normalized spacial score (nSPS) is 13.9. The molecule has 0 saturated carbocycles. The first-order valence-corrected chi connectivity index (χ1v) is 10.2. The molecule has 0 unspecified atom stereocenters. The molecule has 0 heterocycles. The summed E-state index contributed by atoms with van der Waals surface area (Å²) in [7, 11) is 1.71. The van der Waals surface area contributed by atoms with Crippen LogP contribution < -0.4 is 5.32 Å². The smallest absolute Gasteiger partial charge is 0.217 e. The zero-order valence-corrected chi connectivity index (χ0v) is 16.8. The van der Waals surface area contributed by atoms with E-state index in [1.807, 2.05) is 12.2 Å². The standard InChI is InChI=1S/C21H41NO3/c1-4-5-6-7-8-9-10-11-12-13-14-15-21(25-3)17-16-20(18-23)22-19(2)24/h16-17,20-21,23H,4-15,18H2,1-3H3,(H,22,24)/b17-16+/t20-,21+/m1/s1. The maximum absolute atomic E-state index is 11.0. The second-order valence-corrected chi connectivity index (χ2v) is 6.97. The van der Waals surface area contributed by atoms with Crippen molar-refractivity contribution in [2.75, 3.05) is 13.7 Å². The molecule has 0 aliphatic rings. The number of ether oxygens (including phenoxy) is 1. The first kappa shape index (κ1) is 24.1. The first-order chi connectivity index (χ1) is 12.1. The molecule has 0 bridgehead atoms. The summed E-state index contributed by atoms with van der Waals surface area (Å²) in [6, 6.07) is -0.326. The van der Waals surface area contributed by atoms with Gasteiger partial charge in [-0.1, -0.05) is 89.7 Å². The second kappa shape index (κ2) is 17.9. The molecule has 0 aromatic heterocycles. The monoisotopic (exact) mass is 355 g/mol. The van der Waals surface area contributed by atoms with Crippen molar-refractivity contribution < 1.29 is 14.6 Å². The van der Waals surface area contributed by atoms with E-state index in [1.165, 1.54) is 71.1 Å². The first-order valence-electron chi connectivity index (χ1n) is 10.2. The van der Waals surface area contributed by atoms with E-state index in [1.54, 1.807) is 7.11 Å². The molecule has 1 amide bonds. The molecule has 0 aromatic rings. The molecule has 0 spiro atoms. The SMILES string of the molecule is CCCCCCCCCCCCC[C@@H](/C=C/[C@H](CO)NC(C)=O)OC. The fourth-order valence-corrected chi connectivity index (χ4v) is 2.98. The number of unbranched alkanes of at least 4 members (excludes halogenated alkanes) is 10. The second-order valence-electron chi connectivity index (χ2n) is 6.97. The van der Waals surface area contributed by atoms with E-state index in [0.29, 0.717) is 0 Å². The molecule has 2 atom stereocenters. The molecule has 148 valence electrons. The third kappa shape index (κ3) is 16.4. The Kier molecular flexibility index (Phi) is 17.3. The molecule has 4 heteroatoms. The number of amides is 1. The van der Waals surface area contributed by atoms with Crippen molar-refractivity contribution in [1.82, 2.24) is 5.32 Å². The van der Waals surface area contributed by atoms with E-state index in [4.69, 9.17) is 4.74 Å². The van der Waals surface area contributed by atoms with Gasteiger partial charge in [0.25, 0.3) is 0 Å². The average molecular weight is 356 g/mol. The summed E-state index contributed by atoms with van der Waals surface area (Å²) >= 11 is 0. The number of aliphatic hydroxyl groups is 1. The van der Waals surface area contributed by atoms with Crippen molar-refractivity contribution in [3.8, 4) is 0 Å². The summed E-state index contributed by atoms with van der Waals surface area (Å²) in [6.07, 6.45) is 19.6. The van der Waals surface area contributed by atoms with Crippen LogP contribution in [0.2, 0.25) is 0 Å². The van der Waals surface area contributed by atoms with Crippen molar-refractivity contribution in [2.24, 2.45) is 0 Å². The molecule has 2 N–H and O–H groups in total. The number of hydrogen-bond acceptors (Lipinski definition) is 3. The van der Waals surface area contributed by atoms with E-state index >= 15 is 0 Å². The largest absolute Gasteiger partial charge is 0.394 e. The van der Waals surface area contributed by atoms with Gasteiger partial charge in [0.05, 0.1) is 18.8 Å².